The molecule has 0 saturated heterocycles. The lowest BCUT2D eigenvalue weighted by Crippen LogP contribution is -2.12. The van der Waals surface area contributed by atoms with Crippen molar-refractivity contribution in [3.8, 4) is 0 Å². The minimum Gasteiger partial charge on any atom is -0.322 e. The molecule has 0 saturated carbocycles. The Hall–Kier alpha value is -0.590. The Balaban J connectivity index is 2.20. The van der Waals surface area contributed by atoms with E-state index in [9.17, 15) is 4.79 Å². The zero-order valence-electron chi connectivity index (χ0n) is 10.0. The Labute approximate surface area is 138 Å². The fourth-order valence-corrected chi connectivity index (χ4v) is 2.45. The number of rotatable bonds is 2. The third-order valence-corrected chi connectivity index (χ3v) is 5.01. The van der Waals surface area contributed by atoms with Crippen LogP contribution in [0.3, 0.4) is 0 Å². The number of halogens is 3. The zero-order chi connectivity index (χ0) is 14.0. The molecule has 0 aromatic heterocycles. The molecule has 2 nitrogen and oxygen atoms in total. The number of carbonyl (C=O) groups excluding carboxylic acids is 1. The van der Waals surface area contributed by atoms with Gasteiger partial charge in [-0.1, -0.05) is 17.7 Å². The first kappa shape index (κ1) is 14.8. The second-order valence-corrected chi connectivity index (χ2v) is 6.47. The van der Waals surface area contributed by atoms with Crippen molar-refractivity contribution < 1.29 is 4.79 Å². The van der Waals surface area contributed by atoms with Gasteiger partial charge in [-0.2, -0.15) is 0 Å². The monoisotopic (exact) mass is 449 g/mol. The minimum atomic E-state index is -0.172. The fraction of sp³-hybridized carbons (Fsp3) is 0.0714. The van der Waals surface area contributed by atoms with Crippen molar-refractivity contribution in [2.45, 2.75) is 6.92 Å². The van der Waals surface area contributed by atoms with Crippen molar-refractivity contribution in [3.63, 3.8) is 0 Å². The van der Waals surface area contributed by atoms with E-state index >= 15 is 0 Å². The average molecular weight is 451 g/mol. The molecular weight excluding hydrogens is 440 g/mol. The molecule has 2 aromatic rings. The summed E-state index contributed by atoms with van der Waals surface area (Å²) >= 11 is 11.5. The van der Waals surface area contributed by atoms with E-state index in [1.165, 1.54) is 5.56 Å². The summed E-state index contributed by atoms with van der Waals surface area (Å²) in [5.41, 5.74) is 2.49. The summed E-state index contributed by atoms with van der Waals surface area (Å²) in [6.07, 6.45) is 0. The number of anilines is 1. The Morgan fingerprint density at radius 1 is 1.26 bits per heavy atom. The lowest BCUT2D eigenvalue weighted by Gasteiger charge is -2.07. The lowest BCUT2D eigenvalue weighted by molar-refractivity contribution is 0.102. The van der Waals surface area contributed by atoms with E-state index in [-0.39, 0.29) is 5.91 Å². The summed E-state index contributed by atoms with van der Waals surface area (Å²) in [4.78, 5) is 12.1. The highest BCUT2D eigenvalue weighted by Gasteiger charge is 2.08. The predicted molar refractivity (Wildman–Crippen MR) is 91.0 cm³/mol. The van der Waals surface area contributed by atoms with Gasteiger partial charge in [0.25, 0.3) is 5.91 Å². The lowest BCUT2D eigenvalue weighted by atomic mass is 10.2. The van der Waals surface area contributed by atoms with Crippen LogP contribution in [0.25, 0.3) is 0 Å². The molecule has 98 valence electrons. The average Bonchev–Trinajstić information content (AvgIpc) is 2.37. The maximum Gasteiger partial charge on any atom is 0.255 e. The highest BCUT2D eigenvalue weighted by molar-refractivity contribution is 14.1. The fourth-order valence-electron chi connectivity index (χ4n) is 1.51. The molecular formula is C14H10BrClINO. The van der Waals surface area contributed by atoms with Gasteiger partial charge < -0.3 is 5.32 Å². The van der Waals surface area contributed by atoms with Crippen molar-refractivity contribution in [1.82, 2.24) is 0 Å². The highest BCUT2D eigenvalue weighted by Crippen LogP contribution is 2.24. The SMILES string of the molecule is Cc1ccc(NC(=O)c2ccc(Br)c(Cl)c2)cc1I. The third-order valence-electron chi connectivity index (χ3n) is 2.61. The second kappa shape index (κ2) is 6.24. The van der Waals surface area contributed by atoms with Gasteiger partial charge in [0, 0.05) is 19.3 Å². The number of benzene rings is 2. The molecule has 0 fully saturated rings. The summed E-state index contributed by atoms with van der Waals surface area (Å²) < 4.78 is 1.89. The smallest absolute Gasteiger partial charge is 0.255 e. The summed E-state index contributed by atoms with van der Waals surface area (Å²) in [6.45, 7) is 2.03. The van der Waals surface area contributed by atoms with Gasteiger partial charge in [0.05, 0.1) is 5.02 Å². The van der Waals surface area contributed by atoms with Gasteiger partial charge in [-0.25, -0.2) is 0 Å². The summed E-state index contributed by atoms with van der Waals surface area (Å²) in [5.74, 6) is -0.172. The van der Waals surface area contributed by atoms with E-state index in [1.807, 2.05) is 25.1 Å². The van der Waals surface area contributed by atoms with Crippen LogP contribution in [-0.2, 0) is 0 Å². The first-order chi connectivity index (χ1) is 8.97. The van der Waals surface area contributed by atoms with Crippen LogP contribution in [0.1, 0.15) is 15.9 Å². The molecule has 19 heavy (non-hydrogen) atoms. The number of carbonyl (C=O) groups is 1. The molecule has 0 aliphatic carbocycles. The van der Waals surface area contributed by atoms with Crippen LogP contribution in [-0.4, -0.2) is 5.91 Å². The quantitative estimate of drug-likeness (QED) is 0.621. The first-order valence-corrected chi connectivity index (χ1v) is 7.75. The van der Waals surface area contributed by atoms with Crippen molar-refractivity contribution in [2.75, 3.05) is 5.32 Å². The molecule has 2 aromatic carbocycles. The van der Waals surface area contributed by atoms with Crippen LogP contribution >= 0.6 is 50.1 Å². The van der Waals surface area contributed by atoms with Gasteiger partial charge in [-0.15, -0.1) is 0 Å². The molecule has 0 spiro atoms. The maximum absolute atomic E-state index is 12.1. The molecule has 0 bridgehead atoms. The minimum absolute atomic E-state index is 0.172. The molecule has 0 radical (unpaired) electrons. The molecule has 2 rings (SSSR count). The highest BCUT2D eigenvalue weighted by atomic mass is 127. The zero-order valence-corrected chi connectivity index (χ0v) is 14.5. The van der Waals surface area contributed by atoms with E-state index in [4.69, 9.17) is 11.6 Å². The summed E-state index contributed by atoms with van der Waals surface area (Å²) in [5, 5.41) is 3.37. The summed E-state index contributed by atoms with van der Waals surface area (Å²) in [7, 11) is 0. The van der Waals surface area contributed by atoms with Gasteiger partial charge in [-0.05, 0) is 81.3 Å². The van der Waals surface area contributed by atoms with E-state index in [1.54, 1.807) is 18.2 Å². The van der Waals surface area contributed by atoms with E-state index in [2.05, 4.69) is 43.8 Å². The second-order valence-electron chi connectivity index (χ2n) is 4.05. The topological polar surface area (TPSA) is 29.1 Å². The van der Waals surface area contributed by atoms with E-state index in [0.29, 0.717) is 10.6 Å². The van der Waals surface area contributed by atoms with Crippen molar-refractivity contribution in [1.29, 1.82) is 0 Å². The predicted octanol–water partition coefficient (Wildman–Crippen LogP) is 5.27. The van der Waals surface area contributed by atoms with E-state index < -0.39 is 0 Å². The van der Waals surface area contributed by atoms with Gasteiger partial charge in [0.15, 0.2) is 0 Å². The standard InChI is InChI=1S/C14H10BrClINO/c1-8-2-4-10(7-13(8)17)18-14(19)9-3-5-11(15)12(16)6-9/h2-7H,1H3,(H,18,19). The van der Waals surface area contributed by atoms with Gasteiger partial charge in [0.1, 0.15) is 0 Å². The van der Waals surface area contributed by atoms with E-state index in [0.717, 1.165) is 13.7 Å². The van der Waals surface area contributed by atoms with Gasteiger partial charge in [0.2, 0.25) is 0 Å². The van der Waals surface area contributed by atoms with Crippen LogP contribution in [0.15, 0.2) is 40.9 Å². The molecule has 1 N–H and O–H groups in total. The third kappa shape index (κ3) is 3.70. The first-order valence-electron chi connectivity index (χ1n) is 5.50. The Morgan fingerprint density at radius 2 is 2.00 bits per heavy atom. The Bertz CT molecular complexity index is 645. The van der Waals surface area contributed by atoms with Crippen molar-refractivity contribution >= 4 is 61.7 Å². The number of amides is 1. The largest absolute Gasteiger partial charge is 0.322 e. The molecule has 0 atom stereocenters. The van der Waals surface area contributed by atoms with Crippen molar-refractivity contribution in [3.05, 3.63) is 60.6 Å². The molecule has 1 amide bonds. The Kier molecular flexibility index (Phi) is 4.86. The van der Waals surface area contributed by atoms with Gasteiger partial charge in [-0.3, -0.25) is 4.79 Å². The molecule has 0 aliphatic rings. The van der Waals surface area contributed by atoms with Crippen LogP contribution < -0.4 is 5.32 Å². The Morgan fingerprint density at radius 3 is 2.63 bits per heavy atom. The number of aryl methyl sites for hydroxylation is 1. The maximum atomic E-state index is 12.1. The molecule has 0 heterocycles. The molecule has 0 aliphatic heterocycles. The summed E-state index contributed by atoms with van der Waals surface area (Å²) in [6, 6.07) is 10.9. The van der Waals surface area contributed by atoms with Gasteiger partial charge >= 0.3 is 0 Å². The molecule has 0 unspecified atom stereocenters. The van der Waals surface area contributed by atoms with Crippen LogP contribution in [0.2, 0.25) is 5.02 Å². The normalized spacial score (nSPS) is 10.3. The molecule has 5 heteroatoms. The van der Waals surface area contributed by atoms with Crippen LogP contribution in [0.4, 0.5) is 5.69 Å². The van der Waals surface area contributed by atoms with Crippen LogP contribution in [0, 0.1) is 10.5 Å². The number of hydrogen-bond acceptors (Lipinski definition) is 1. The number of nitrogens with one attached hydrogen (secondary N) is 1. The number of hydrogen-bond donors (Lipinski definition) is 1. The van der Waals surface area contributed by atoms with Crippen LogP contribution in [0.5, 0.6) is 0 Å². The van der Waals surface area contributed by atoms with Crippen molar-refractivity contribution in [2.24, 2.45) is 0 Å².